The molecule has 0 saturated carbocycles. The van der Waals surface area contributed by atoms with Gasteiger partial charge in [-0.05, 0) is 117 Å². The minimum Gasteiger partial charge on any atom is -0.351 e. The predicted octanol–water partition coefficient (Wildman–Crippen LogP) is 6.18. The zero-order valence-electron chi connectivity index (χ0n) is 45.3. The Morgan fingerprint density at radius 3 is 1.53 bits per heavy atom. The van der Waals surface area contributed by atoms with Gasteiger partial charge in [-0.15, -0.1) is 0 Å². The van der Waals surface area contributed by atoms with Crippen molar-refractivity contribution in [1.82, 2.24) is 31.2 Å². The van der Waals surface area contributed by atoms with Crippen LogP contribution in [-0.4, -0.2) is 139 Å². The molecule has 0 bridgehead atoms. The molecule has 6 rings (SSSR count). The van der Waals surface area contributed by atoms with E-state index in [-0.39, 0.29) is 47.6 Å². The molecule has 24 heteroatoms. The number of hydrogen-bond acceptors (Lipinski definition) is 13. The molecule has 79 heavy (non-hydrogen) atoms. The monoisotopic (exact) mass is 1150 g/mol. The lowest BCUT2D eigenvalue weighted by atomic mass is 9.80. The number of nitrogens with zero attached hydrogens (tertiary/aromatic N) is 4. The number of anilines is 1. The topological polar surface area (TPSA) is 312 Å². The fraction of sp³-hybridized carbons (Fsp3) is 0.400. The molecule has 0 atom stereocenters. The van der Waals surface area contributed by atoms with Crippen LogP contribution in [0.3, 0.4) is 0 Å². The molecule has 2 aromatic carbocycles. The molecule has 0 radical (unpaired) electrons. The van der Waals surface area contributed by atoms with Crippen molar-refractivity contribution in [3.05, 3.63) is 131 Å². The lowest BCUT2D eigenvalue weighted by molar-refractivity contribution is -0.437. The zero-order chi connectivity index (χ0) is 58.1. The number of pyridine rings is 2. The Morgan fingerprint density at radius 1 is 0.570 bits per heavy atom. The first-order valence-electron chi connectivity index (χ1n) is 25.9. The number of allylic oxidation sites excluding steroid dienone is 6. The number of benzene rings is 2. The molecule has 4 heterocycles. The van der Waals surface area contributed by atoms with Crippen molar-refractivity contribution in [1.29, 1.82) is 0 Å². The summed E-state index contributed by atoms with van der Waals surface area (Å²) in [4.78, 5) is 63.5. The molecule has 4 amide bonds. The number of unbranched alkanes of at least 4 members (excludes halogenated alkanes) is 2. The van der Waals surface area contributed by atoms with Crippen LogP contribution in [0.2, 0.25) is 0 Å². The number of amides is 4. The highest BCUT2D eigenvalue weighted by atomic mass is 32.2. The van der Waals surface area contributed by atoms with Gasteiger partial charge >= 0.3 is 0 Å². The molecular formula is C55H69N8O13S3+. The van der Waals surface area contributed by atoms with E-state index in [1.807, 2.05) is 68.7 Å². The van der Waals surface area contributed by atoms with Gasteiger partial charge < -0.3 is 26.2 Å². The van der Waals surface area contributed by atoms with E-state index in [9.17, 15) is 58.1 Å². The van der Waals surface area contributed by atoms with Crippen molar-refractivity contribution in [2.24, 2.45) is 0 Å². The first kappa shape index (κ1) is 61.3. The van der Waals surface area contributed by atoms with Gasteiger partial charge in [-0.3, -0.25) is 32.8 Å². The average Bonchev–Trinajstić information content (AvgIpc) is 4.00. The first-order chi connectivity index (χ1) is 37.1. The number of carbonyl (C=O) groups excluding carboxylic acids is 4. The molecule has 0 saturated heterocycles. The highest BCUT2D eigenvalue weighted by molar-refractivity contribution is 7.86. The summed E-state index contributed by atoms with van der Waals surface area (Å²) in [7, 11) is -13.2. The summed E-state index contributed by atoms with van der Waals surface area (Å²) in [6.07, 6.45) is 12.8. The van der Waals surface area contributed by atoms with Gasteiger partial charge in [0.05, 0.1) is 22.7 Å². The Balaban J connectivity index is 1.36. The quantitative estimate of drug-likeness (QED) is 0.0169. The van der Waals surface area contributed by atoms with Gasteiger partial charge in [-0.25, -0.2) is 9.97 Å². The highest BCUT2D eigenvalue weighted by Crippen LogP contribution is 2.49. The lowest BCUT2D eigenvalue weighted by Gasteiger charge is -2.27. The number of fused-ring (bicyclic) bond motifs is 2. The van der Waals surface area contributed by atoms with Gasteiger partial charge in [0, 0.05) is 73.6 Å². The van der Waals surface area contributed by atoms with E-state index < -0.39 is 83.3 Å². The third-order valence-electron chi connectivity index (χ3n) is 13.5. The van der Waals surface area contributed by atoms with Gasteiger partial charge in [0.15, 0.2) is 5.71 Å². The fourth-order valence-electron chi connectivity index (χ4n) is 9.60. The Kier molecular flexibility index (Phi) is 19.7. The maximum absolute atomic E-state index is 13.3. The van der Waals surface area contributed by atoms with Gasteiger partial charge in [0.25, 0.3) is 54.0 Å². The fourth-order valence-corrected chi connectivity index (χ4v) is 10.8. The van der Waals surface area contributed by atoms with Crippen molar-refractivity contribution in [3.63, 3.8) is 0 Å². The molecule has 2 aliphatic heterocycles. The van der Waals surface area contributed by atoms with E-state index in [0.29, 0.717) is 29.8 Å². The van der Waals surface area contributed by atoms with E-state index in [2.05, 4.69) is 75.1 Å². The highest BCUT2D eigenvalue weighted by Gasteiger charge is 2.45. The molecule has 2 aliphatic rings. The van der Waals surface area contributed by atoms with E-state index in [0.717, 1.165) is 65.3 Å². The summed E-state index contributed by atoms with van der Waals surface area (Å²) in [6, 6.07) is 17.7. The molecule has 424 valence electrons. The van der Waals surface area contributed by atoms with Crippen molar-refractivity contribution < 1.29 is 62.7 Å². The Labute approximate surface area is 462 Å². The molecule has 2 aromatic heterocycles. The number of hydrogen-bond donors (Lipinski definition) is 7. The van der Waals surface area contributed by atoms with Crippen LogP contribution in [-0.2, 0) is 41.2 Å². The van der Waals surface area contributed by atoms with Crippen LogP contribution in [0.1, 0.15) is 127 Å². The van der Waals surface area contributed by atoms with E-state index in [1.165, 1.54) is 12.1 Å². The predicted molar refractivity (Wildman–Crippen MR) is 303 cm³/mol. The zero-order valence-corrected chi connectivity index (χ0v) is 47.7. The molecule has 0 fully saturated rings. The molecule has 7 N–H and O–H groups in total. The summed E-state index contributed by atoms with van der Waals surface area (Å²) < 4.78 is 99.2. The summed E-state index contributed by atoms with van der Waals surface area (Å²) >= 11 is 0. The van der Waals surface area contributed by atoms with Gasteiger partial charge in [0.2, 0.25) is 5.69 Å². The molecule has 0 aliphatic carbocycles. The normalized spacial score (nSPS) is 15.4. The second-order valence-corrected chi connectivity index (χ2v) is 24.8. The van der Waals surface area contributed by atoms with Crippen molar-refractivity contribution in [2.75, 3.05) is 61.4 Å². The smallest absolute Gasteiger partial charge is 0.269 e. The largest absolute Gasteiger partial charge is 0.351 e. The Hall–Kier alpha value is -6.96. The molecule has 4 aromatic rings. The summed E-state index contributed by atoms with van der Waals surface area (Å²) in [5.41, 5.74) is 6.15. The maximum atomic E-state index is 13.3. The van der Waals surface area contributed by atoms with Crippen molar-refractivity contribution >= 4 is 71.1 Å². The van der Waals surface area contributed by atoms with Crippen molar-refractivity contribution in [3.8, 4) is 22.3 Å². The van der Waals surface area contributed by atoms with E-state index >= 15 is 0 Å². The first-order valence-corrected chi connectivity index (χ1v) is 30.7. The molecule has 21 nitrogen and oxygen atoms in total. The summed E-state index contributed by atoms with van der Waals surface area (Å²) in [5.74, 6) is -4.61. The molecule has 0 unspecified atom stereocenters. The van der Waals surface area contributed by atoms with Crippen LogP contribution in [0.15, 0.2) is 96.7 Å². The maximum Gasteiger partial charge on any atom is 0.269 e. The van der Waals surface area contributed by atoms with E-state index in [4.69, 9.17) is 0 Å². The summed E-state index contributed by atoms with van der Waals surface area (Å²) in [5, 5.41) is 10.3. The number of aromatic nitrogens is 2. The van der Waals surface area contributed by atoms with Crippen LogP contribution in [0, 0.1) is 0 Å². The number of rotatable bonds is 25. The van der Waals surface area contributed by atoms with Crippen LogP contribution >= 0.6 is 0 Å². The third-order valence-corrected chi connectivity index (χ3v) is 15.7. The molecular weight excluding hydrogens is 1080 g/mol. The van der Waals surface area contributed by atoms with Crippen molar-refractivity contribution in [2.45, 2.75) is 85.0 Å². The third kappa shape index (κ3) is 15.7. The van der Waals surface area contributed by atoms with Gasteiger partial charge in [-0.1, -0.05) is 57.9 Å². The Bertz CT molecular complexity index is 3390. The van der Waals surface area contributed by atoms with Crippen LogP contribution in [0.5, 0.6) is 0 Å². The second kappa shape index (κ2) is 25.4. The standard InChI is InChI=1S/C55H68N8O13S3/c1-8-11-15-25-62-46-21-19-36(38-32-42(50(64)56-9-2)60-43(33-38)51(65)57-10-3)30-40(46)54(4,5)48(62)17-13-12-14-18-49-55(6,7)41-31-37(20-22-47(41)63(49)26-16-27-77(68,69)70)39-34-44(52(66)58-23-28-78(71,72)73)61-45(35-39)53(67)59-24-29-79(74,75)76/h12-14,17-22,30-35H,8-11,15-16,23-29H2,1-7H3,(H6-,56,57,58,59,64,65,66,67,68,69,70,71,72,73,74,75,76)/p+1. The lowest BCUT2D eigenvalue weighted by Crippen LogP contribution is -2.32. The average molecular weight is 1150 g/mol. The van der Waals surface area contributed by atoms with Crippen LogP contribution < -0.4 is 26.2 Å². The van der Waals surface area contributed by atoms with Crippen LogP contribution in [0.25, 0.3) is 22.3 Å². The summed E-state index contributed by atoms with van der Waals surface area (Å²) in [6.45, 7) is 14.8. The second-order valence-electron chi connectivity index (χ2n) is 20.1. The van der Waals surface area contributed by atoms with Gasteiger partial charge in [-0.2, -0.15) is 29.8 Å². The minimum absolute atomic E-state index is 0.0724. The van der Waals surface area contributed by atoms with Crippen LogP contribution in [0.4, 0.5) is 11.4 Å². The molecule has 0 spiro atoms. The number of carbonyl (C=O) groups is 4. The Morgan fingerprint density at radius 2 is 1.05 bits per heavy atom. The minimum atomic E-state index is -4.43. The van der Waals surface area contributed by atoms with Gasteiger partial charge in [0.1, 0.15) is 29.3 Å². The van der Waals surface area contributed by atoms with E-state index in [1.54, 1.807) is 24.3 Å². The number of nitrogens with one attached hydrogen (secondary N) is 4. The SMILES string of the molecule is CCCCCN1/C(=C/C=C/C=C/C2=[N+](CCCS(=O)(=O)O)c3ccc(-c4cc(C(=O)NCCS(=O)(=O)O)nc(C(=O)NCCS(=O)(=O)O)c4)cc3C2(C)C)C(C)(C)c2cc(-c3cc(C(=O)NCC)nc(C(=O)NCC)c3)ccc21.